The third kappa shape index (κ3) is 3.87. The normalized spacial score (nSPS) is 11.5. The Balaban J connectivity index is 2.47. The molecule has 0 bridgehead atoms. The highest BCUT2D eigenvalue weighted by Gasteiger charge is 2.10. The van der Waals surface area contributed by atoms with Crippen molar-refractivity contribution in [1.29, 1.82) is 0 Å². The number of nitrogens with one attached hydrogen (secondary N) is 1. The van der Waals surface area contributed by atoms with Crippen LogP contribution in [0.25, 0.3) is 11.0 Å². The summed E-state index contributed by atoms with van der Waals surface area (Å²) in [6, 6.07) is 7.59. The third-order valence-corrected chi connectivity index (χ3v) is 3.66. The van der Waals surface area contributed by atoms with E-state index in [9.17, 15) is 4.79 Å². The van der Waals surface area contributed by atoms with Gasteiger partial charge in [0.15, 0.2) is 5.11 Å². The number of anilines is 1. The predicted octanol–water partition coefficient (Wildman–Crippen LogP) is 2.20. The Bertz CT molecular complexity index is 809. The molecule has 0 atom stereocenters. The number of benzene rings is 1. The van der Waals surface area contributed by atoms with Gasteiger partial charge in [-0.1, -0.05) is 0 Å². The van der Waals surface area contributed by atoms with Gasteiger partial charge in [-0.15, -0.1) is 0 Å². The van der Waals surface area contributed by atoms with E-state index in [-0.39, 0.29) is 5.11 Å². The van der Waals surface area contributed by atoms with E-state index >= 15 is 0 Å². The number of thiocarbonyl (C=S) groups is 1. The van der Waals surface area contributed by atoms with Gasteiger partial charge in [0.1, 0.15) is 5.58 Å². The van der Waals surface area contributed by atoms with E-state index in [1.165, 1.54) is 0 Å². The van der Waals surface area contributed by atoms with Gasteiger partial charge in [-0.05, 0) is 51.2 Å². The zero-order chi connectivity index (χ0) is 17.0. The zero-order valence-electron chi connectivity index (χ0n) is 13.4. The standard InChI is InChI=1S/C16H20N4O2S/c1-4-20(5-2)12-7-6-11-8-13(10(3)18-19-16(17)23)15(21)22-14(11)9-12/h6-9H,4-5H2,1-3H3,(H3,17,19,23)/b18-10+. The van der Waals surface area contributed by atoms with Crippen molar-refractivity contribution in [1.82, 2.24) is 5.43 Å². The van der Waals surface area contributed by atoms with E-state index in [0.717, 1.165) is 24.2 Å². The van der Waals surface area contributed by atoms with E-state index in [1.807, 2.05) is 18.2 Å². The fourth-order valence-electron chi connectivity index (χ4n) is 2.34. The highest BCUT2D eigenvalue weighted by atomic mass is 32.1. The maximum absolute atomic E-state index is 12.2. The van der Waals surface area contributed by atoms with Crippen molar-refractivity contribution in [2.45, 2.75) is 20.8 Å². The molecule has 2 aromatic rings. The number of hydrogen-bond donors (Lipinski definition) is 2. The molecule has 0 saturated carbocycles. The number of rotatable bonds is 5. The first-order valence-electron chi connectivity index (χ1n) is 7.39. The van der Waals surface area contributed by atoms with Crippen LogP contribution < -0.4 is 21.7 Å². The molecular formula is C16H20N4O2S. The summed E-state index contributed by atoms with van der Waals surface area (Å²) in [5.41, 5.74) is 9.76. The van der Waals surface area contributed by atoms with Gasteiger partial charge in [0.25, 0.3) is 0 Å². The molecule has 0 aliphatic rings. The predicted molar refractivity (Wildman–Crippen MR) is 98.2 cm³/mol. The molecule has 2 rings (SSSR count). The van der Waals surface area contributed by atoms with Crippen LogP contribution >= 0.6 is 12.2 Å². The quantitative estimate of drug-likeness (QED) is 0.378. The minimum Gasteiger partial charge on any atom is -0.422 e. The Morgan fingerprint density at radius 2 is 2.04 bits per heavy atom. The Hall–Kier alpha value is -2.41. The van der Waals surface area contributed by atoms with Crippen molar-refractivity contribution < 1.29 is 4.42 Å². The molecule has 23 heavy (non-hydrogen) atoms. The second-order valence-electron chi connectivity index (χ2n) is 5.02. The second-order valence-corrected chi connectivity index (χ2v) is 5.46. The molecule has 7 heteroatoms. The Morgan fingerprint density at radius 1 is 1.35 bits per heavy atom. The summed E-state index contributed by atoms with van der Waals surface area (Å²) in [6.45, 7) is 7.64. The molecule has 6 nitrogen and oxygen atoms in total. The van der Waals surface area contributed by atoms with E-state index in [2.05, 4.69) is 41.5 Å². The van der Waals surface area contributed by atoms with Gasteiger partial charge in [0.2, 0.25) is 0 Å². The second kappa shape index (κ2) is 7.23. The van der Waals surface area contributed by atoms with Gasteiger partial charge in [0.05, 0.1) is 11.3 Å². The lowest BCUT2D eigenvalue weighted by Crippen LogP contribution is -2.26. The number of nitrogens with zero attached hydrogens (tertiary/aromatic N) is 2. The maximum atomic E-state index is 12.2. The number of hydrogen-bond acceptors (Lipinski definition) is 5. The fraction of sp³-hybridized carbons (Fsp3) is 0.312. The number of nitrogens with two attached hydrogens (primary N) is 1. The van der Waals surface area contributed by atoms with E-state index in [4.69, 9.17) is 10.2 Å². The molecule has 0 amide bonds. The molecule has 1 heterocycles. The van der Waals surface area contributed by atoms with Crippen LogP contribution in [0.1, 0.15) is 26.3 Å². The minimum absolute atomic E-state index is 0.0402. The van der Waals surface area contributed by atoms with Crippen molar-refractivity contribution >= 4 is 39.7 Å². The molecule has 0 aliphatic heterocycles. The Labute approximate surface area is 140 Å². The van der Waals surface area contributed by atoms with Crippen LogP contribution in [0.4, 0.5) is 5.69 Å². The highest BCUT2D eigenvalue weighted by molar-refractivity contribution is 7.80. The minimum atomic E-state index is -0.444. The number of fused-ring (bicyclic) bond motifs is 1. The largest absolute Gasteiger partial charge is 0.422 e. The lowest BCUT2D eigenvalue weighted by molar-refractivity contribution is 0.559. The van der Waals surface area contributed by atoms with Gasteiger partial charge in [-0.3, -0.25) is 5.43 Å². The summed E-state index contributed by atoms with van der Waals surface area (Å²) in [6.07, 6.45) is 0. The highest BCUT2D eigenvalue weighted by Crippen LogP contribution is 2.22. The van der Waals surface area contributed by atoms with Crippen LogP contribution in [0.15, 0.2) is 38.6 Å². The maximum Gasteiger partial charge on any atom is 0.345 e. The first-order valence-corrected chi connectivity index (χ1v) is 7.80. The van der Waals surface area contributed by atoms with Crippen molar-refractivity contribution in [2.75, 3.05) is 18.0 Å². The first kappa shape index (κ1) is 17.0. The molecule has 0 saturated heterocycles. The smallest absolute Gasteiger partial charge is 0.345 e. The number of hydrazone groups is 1. The van der Waals surface area contributed by atoms with E-state index in [0.29, 0.717) is 16.9 Å². The molecule has 0 aliphatic carbocycles. The van der Waals surface area contributed by atoms with E-state index in [1.54, 1.807) is 13.0 Å². The third-order valence-electron chi connectivity index (χ3n) is 3.57. The van der Waals surface area contributed by atoms with Gasteiger partial charge in [-0.25, -0.2) is 4.79 Å². The van der Waals surface area contributed by atoms with Crippen LogP contribution in [-0.4, -0.2) is 23.9 Å². The van der Waals surface area contributed by atoms with Crippen molar-refractivity contribution in [3.8, 4) is 0 Å². The summed E-state index contributed by atoms with van der Waals surface area (Å²) in [5, 5.41) is 4.84. The molecular weight excluding hydrogens is 312 g/mol. The first-order chi connectivity index (χ1) is 11.0. The van der Waals surface area contributed by atoms with Crippen LogP contribution in [0.2, 0.25) is 0 Å². The summed E-state index contributed by atoms with van der Waals surface area (Å²) < 4.78 is 5.45. The molecule has 0 unspecified atom stereocenters. The lowest BCUT2D eigenvalue weighted by Gasteiger charge is -2.21. The summed E-state index contributed by atoms with van der Waals surface area (Å²) in [4.78, 5) is 14.4. The van der Waals surface area contributed by atoms with Crippen LogP contribution in [0.5, 0.6) is 0 Å². The van der Waals surface area contributed by atoms with E-state index < -0.39 is 5.63 Å². The van der Waals surface area contributed by atoms with Crippen LogP contribution in [0, 0.1) is 0 Å². The van der Waals surface area contributed by atoms with Crippen molar-refractivity contribution in [2.24, 2.45) is 10.8 Å². The fourth-order valence-corrected chi connectivity index (χ4v) is 2.38. The van der Waals surface area contributed by atoms with Crippen molar-refractivity contribution in [3.05, 3.63) is 40.2 Å². The lowest BCUT2D eigenvalue weighted by atomic mass is 10.1. The van der Waals surface area contributed by atoms with Gasteiger partial charge in [0, 0.05) is 30.2 Å². The molecule has 3 N–H and O–H groups in total. The average Bonchev–Trinajstić information content (AvgIpc) is 2.53. The monoisotopic (exact) mass is 332 g/mol. The summed E-state index contributed by atoms with van der Waals surface area (Å²) in [7, 11) is 0. The average molecular weight is 332 g/mol. The summed E-state index contributed by atoms with van der Waals surface area (Å²) >= 11 is 4.69. The van der Waals surface area contributed by atoms with Gasteiger partial charge < -0.3 is 15.1 Å². The molecule has 1 aromatic carbocycles. The van der Waals surface area contributed by atoms with Gasteiger partial charge >= 0.3 is 5.63 Å². The molecule has 0 radical (unpaired) electrons. The summed E-state index contributed by atoms with van der Waals surface area (Å²) in [5.74, 6) is 0. The topological polar surface area (TPSA) is 83.9 Å². The molecule has 0 fully saturated rings. The molecule has 1 aromatic heterocycles. The molecule has 122 valence electrons. The molecule has 0 spiro atoms. The van der Waals surface area contributed by atoms with Crippen LogP contribution in [-0.2, 0) is 0 Å². The van der Waals surface area contributed by atoms with Crippen molar-refractivity contribution in [3.63, 3.8) is 0 Å². The Morgan fingerprint density at radius 3 is 2.65 bits per heavy atom. The van der Waals surface area contributed by atoms with Crippen LogP contribution in [0.3, 0.4) is 0 Å². The SMILES string of the molecule is CCN(CC)c1ccc2cc(/C(C)=N/NC(N)=S)c(=O)oc2c1. The van der Waals surface area contributed by atoms with Gasteiger partial charge in [-0.2, -0.15) is 5.10 Å². The Kier molecular flexibility index (Phi) is 5.33. The zero-order valence-corrected chi connectivity index (χ0v) is 14.2.